The molecule has 6 heteroatoms. The first-order valence-electron chi connectivity index (χ1n) is 5.65. The number of hydrogen-bond acceptors (Lipinski definition) is 4. The fraction of sp³-hybridized carbons (Fsp3) is 0.333. The van der Waals surface area contributed by atoms with Crippen LogP contribution in [0.25, 0.3) is 0 Å². The second kappa shape index (κ2) is 5.41. The van der Waals surface area contributed by atoms with E-state index in [-0.39, 0.29) is 5.69 Å². The lowest BCUT2D eigenvalue weighted by molar-refractivity contribution is 0.763. The molecule has 0 radical (unpaired) electrons. The summed E-state index contributed by atoms with van der Waals surface area (Å²) in [7, 11) is 3.63. The van der Waals surface area contributed by atoms with Gasteiger partial charge >= 0.3 is 5.69 Å². The van der Waals surface area contributed by atoms with Crippen LogP contribution in [0.15, 0.2) is 33.0 Å². The van der Waals surface area contributed by atoms with Crippen LogP contribution >= 0.6 is 11.8 Å². The van der Waals surface area contributed by atoms with Crippen LogP contribution in [0.4, 0.5) is 0 Å². The topological polar surface area (TPSA) is 62.7 Å². The fourth-order valence-corrected chi connectivity index (χ4v) is 2.56. The zero-order chi connectivity index (χ0) is 13.1. The minimum Gasteiger partial charge on any atom is -0.316 e. The third-order valence-corrected chi connectivity index (χ3v) is 3.79. The lowest BCUT2D eigenvalue weighted by Gasteiger charge is -2.09. The molecule has 5 nitrogen and oxygen atoms in total. The van der Waals surface area contributed by atoms with Gasteiger partial charge in [-0.25, -0.2) is 9.89 Å². The SMILES string of the molecule is CNCc1cc(C)ccc1Sc1n[nH]c(=O)n1C. The van der Waals surface area contributed by atoms with Crippen LogP contribution < -0.4 is 11.0 Å². The molecule has 0 spiro atoms. The van der Waals surface area contributed by atoms with Crippen LogP contribution in [0.5, 0.6) is 0 Å². The van der Waals surface area contributed by atoms with Crippen LogP contribution in [-0.4, -0.2) is 21.8 Å². The molecular weight excluding hydrogens is 248 g/mol. The first kappa shape index (κ1) is 12.9. The average Bonchev–Trinajstić information content (AvgIpc) is 2.65. The summed E-state index contributed by atoms with van der Waals surface area (Å²) in [6, 6.07) is 6.27. The molecule has 0 saturated carbocycles. The highest BCUT2D eigenvalue weighted by Gasteiger charge is 2.09. The van der Waals surface area contributed by atoms with Crippen molar-refractivity contribution in [2.75, 3.05) is 7.05 Å². The molecule has 0 aliphatic heterocycles. The van der Waals surface area contributed by atoms with Gasteiger partial charge in [-0.3, -0.25) is 4.57 Å². The normalized spacial score (nSPS) is 10.8. The minimum absolute atomic E-state index is 0.195. The molecule has 2 N–H and O–H groups in total. The minimum atomic E-state index is -0.195. The van der Waals surface area contributed by atoms with E-state index in [1.165, 1.54) is 27.5 Å². The van der Waals surface area contributed by atoms with Gasteiger partial charge in [-0.2, -0.15) is 0 Å². The smallest absolute Gasteiger partial charge is 0.316 e. The second-order valence-electron chi connectivity index (χ2n) is 4.11. The fourth-order valence-electron chi connectivity index (χ4n) is 1.66. The molecule has 0 aliphatic rings. The van der Waals surface area contributed by atoms with Crippen molar-refractivity contribution in [1.82, 2.24) is 20.1 Å². The van der Waals surface area contributed by atoms with Crippen molar-refractivity contribution in [3.8, 4) is 0 Å². The predicted molar refractivity (Wildman–Crippen MR) is 71.9 cm³/mol. The Balaban J connectivity index is 2.33. The molecule has 1 aromatic carbocycles. The first-order valence-corrected chi connectivity index (χ1v) is 6.47. The van der Waals surface area contributed by atoms with Crippen LogP contribution in [0.2, 0.25) is 0 Å². The van der Waals surface area contributed by atoms with Crippen molar-refractivity contribution in [2.45, 2.75) is 23.5 Å². The Kier molecular flexibility index (Phi) is 3.88. The van der Waals surface area contributed by atoms with Gasteiger partial charge in [0.25, 0.3) is 0 Å². The van der Waals surface area contributed by atoms with Crippen molar-refractivity contribution < 1.29 is 0 Å². The van der Waals surface area contributed by atoms with E-state index >= 15 is 0 Å². The van der Waals surface area contributed by atoms with E-state index in [4.69, 9.17) is 0 Å². The third kappa shape index (κ3) is 2.65. The monoisotopic (exact) mass is 264 g/mol. The molecule has 1 heterocycles. The van der Waals surface area contributed by atoms with Crippen molar-refractivity contribution in [3.05, 3.63) is 39.8 Å². The van der Waals surface area contributed by atoms with Crippen LogP contribution in [0.1, 0.15) is 11.1 Å². The lowest BCUT2D eigenvalue weighted by Crippen LogP contribution is -2.13. The molecule has 18 heavy (non-hydrogen) atoms. The van der Waals surface area contributed by atoms with Gasteiger partial charge in [0, 0.05) is 18.5 Å². The highest BCUT2D eigenvalue weighted by molar-refractivity contribution is 7.99. The average molecular weight is 264 g/mol. The number of aromatic amines is 1. The van der Waals surface area contributed by atoms with Crippen molar-refractivity contribution in [1.29, 1.82) is 0 Å². The van der Waals surface area contributed by atoms with Gasteiger partial charge in [0.2, 0.25) is 0 Å². The summed E-state index contributed by atoms with van der Waals surface area (Å²) in [5.74, 6) is 0. The molecular formula is C12H16N4OS. The molecule has 2 rings (SSSR count). The molecule has 0 fully saturated rings. The maximum Gasteiger partial charge on any atom is 0.343 e. The summed E-state index contributed by atoms with van der Waals surface area (Å²) in [5.41, 5.74) is 2.23. The molecule has 0 aliphatic carbocycles. The molecule has 1 aromatic heterocycles. The Bertz CT molecular complexity index is 602. The van der Waals surface area contributed by atoms with E-state index < -0.39 is 0 Å². The van der Waals surface area contributed by atoms with E-state index in [1.807, 2.05) is 7.05 Å². The quantitative estimate of drug-likeness (QED) is 0.873. The molecule has 96 valence electrons. The summed E-state index contributed by atoms with van der Waals surface area (Å²) in [6.45, 7) is 2.86. The highest BCUT2D eigenvalue weighted by Crippen LogP contribution is 2.28. The van der Waals surface area contributed by atoms with Crippen LogP contribution in [-0.2, 0) is 13.6 Å². The summed E-state index contributed by atoms with van der Waals surface area (Å²) in [4.78, 5) is 12.4. The largest absolute Gasteiger partial charge is 0.343 e. The number of rotatable bonds is 4. The summed E-state index contributed by atoms with van der Waals surface area (Å²) >= 11 is 1.49. The number of aryl methyl sites for hydroxylation is 1. The molecule has 0 unspecified atom stereocenters. The van der Waals surface area contributed by atoms with Gasteiger partial charge in [-0.05, 0) is 37.4 Å². The van der Waals surface area contributed by atoms with Crippen LogP contribution in [0.3, 0.4) is 0 Å². The standard InChI is InChI=1S/C12H16N4OS/c1-8-4-5-10(9(6-8)7-13-2)18-12-15-14-11(17)16(12)3/h4-6,13H,7H2,1-3H3,(H,14,17). The predicted octanol–water partition coefficient (Wildman–Crippen LogP) is 1.29. The Morgan fingerprint density at radius 2 is 2.28 bits per heavy atom. The molecule has 0 atom stereocenters. The third-order valence-electron chi connectivity index (χ3n) is 2.62. The van der Waals surface area contributed by atoms with Crippen LogP contribution in [0, 0.1) is 6.92 Å². The van der Waals surface area contributed by atoms with Gasteiger partial charge in [0.15, 0.2) is 5.16 Å². The summed E-state index contributed by atoms with van der Waals surface area (Å²) in [6.07, 6.45) is 0. The first-order chi connectivity index (χ1) is 8.61. The Morgan fingerprint density at radius 3 is 2.89 bits per heavy atom. The van der Waals surface area contributed by atoms with Gasteiger partial charge in [-0.1, -0.05) is 17.7 Å². The van der Waals surface area contributed by atoms with E-state index in [0.29, 0.717) is 5.16 Å². The summed E-state index contributed by atoms with van der Waals surface area (Å²) in [5, 5.41) is 10.3. The molecule has 0 amide bonds. The number of nitrogens with one attached hydrogen (secondary N) is 2. The van der Waals surface area contributed by atoms with Gasteiger partial charge in [-0.15, -0.1) is 5.10 Å². The Morgan fingerprint density at radius 1 is 1.50 bits per heavy atom. The maximum atomic E-state index is 11.3. The zero-order valence-electron chi connectivity index (χ0n) is 10.7. The number of nitrogens with zero attached hydrogens (tertiary/aromatic N) is 2. The zero-order valence-corrected chi connectivity index (χ0v) is 11.5. The Hall–Kier alpha value is -1.53. The van der Waals surface area contributed by atoms with Gasteiger partial charge in [0.05, 0.1) is 0 Å². The molecule has 0 bridgehead atoms. The van der Waals surface area contributed by atoms with E-state index in [0.717, 1.165) is 11.4 Å². The van der Waals surface area contributed by atoms with Gasteiger partial charge < -0.3 is 5.32 Å². The van der Waals surface area contributed by atoms with Gasteiger partial charge in [0.1, 0.15) is 0 Å². The Labute approximate surface area is 110 Å². The summed E-state index contributed by atoms with van der Waals surface area (Å²) < 4.78 is 1.51. The van der Waals surface area contributed by atoms with E-state index in [9.17, 15) is 4.79 Å². The molecule has 0 saturated heterocycles. The second-order valence-corrected chi connectivity index (χ2v) is 5.12. The number of H-pyrrole nitrogens is 1. The van der Waals surface area contributed by atoms with E-state index in [1.54, 1.807) is 7.05 Å². The van der Waals surface area contributed by atoms with E-state index in [2.05, 4.69) is 40.6 Å². The maximum absolute atomic E-state index is 11.3. The lowest BCUT2D eigenvalue weighted by atomic mass is 10.1. The number of hydrogen-bond donors (Lipinski definition) is 2. The van der Waals surface area contributed by atoms with Crippen molar-refractivity contribution >= 4 is 11.8 Å². The number of benzene rings is 1. The van der Waals surface area contributed by atoms with Crippen molar-refractivity contribution in [2.24, 2.45) is 7.05 Å². The number of aromatic nitrogens is 3. The highest BCUT2D eigenvalue weighted by atomic mass is 32.2. The molecule has 2 aromatic rings. The van der Waals surface area contributed by atoms with Crippen molar-refractivity contribution in [3.63, 3.8) is 0 Å².